The Labute approximate surface area is 111 Å². The number of amides is 2. The van der Waals surface area contributed by atoms with Crippen LogP contribution < -0.4 is 11.1 Å². The van der Waals surface area contributed by atoms with E-state index in [4.69, 9.17) is 5.73 Å². The number of nitrogens with zero attached hydrogens (tertiary/aromatic N) is 3. The molecule has 1 saturated heterocycles. The molecule has 1 atom stereocenters. The molecule has 1 aromatic rings. The summed E-state index contributed by atoms with van der Waals surface area (Å²) in [7, 11) is 0. The number of hydrogen-bond donors (Lipinski definition) is 2. The van der Waals surface area contributed by atoms with Gasteiger partial charge in [0.1, 0.15) is 0 Å². The number of carbonyl (C=O) groups excluding carboxylic acids is 2. The maximum Gasteiger partial charge on any atom is 0.237 e. The summed E-state index contributed by atoms with van der Waals surface area (Å²) in [6, 6.07) is 1.88. The van der Waals surface area contributed by atoms with E-state index in [1.54, 1.807) is 15.8 Å². The van der Waals surface area contributed by atoms with Crippen molar-refractivity contribution in [2.45, 2.75) is 25.4 Å². The van der Waals surface area contributed by atoms with E-state index >= 15 is 0 Å². The van der Waals surface area contributed by atoms with Gasteiger partial charge < -0.3 is 16.0 Å². The fourth-order valence-electron chi connectivity index (χ4n) is 2.28. The van der Waals surface area contributed by atoms with Gasteiger partial charge in [0, 0.05) is 37.9 Å². The highest BCUT2D eigenvalue weighted by Crippen LogP contribution is 2.10. The van der Waals surface area contributed by atoms with E-state index in [0.717, 1.165) is 19.5 Å². The van der Waals surface area contributed by atoms with Crippen molar-refractivity contribution in [2.75, 3.05) is 19.6 Å². The fourth-order valence-corrected chi connectivity index (χ4v) is 2.28. The number of aryl methyl sites for hydroxylation is 1. The first kappa shape index (κ1) is 13.5. The lowest BCUT2D eigenvalue weighted by molar-refractivity contribution is -0.137. The molecule has 1 aliphatic heterocycles. The zero-order valence-electron chi connectivity index (χ0n) is 10.8. The Kier molecular flexibility index (Phi) is 4.51. The Balaban J connectivity index is 1.92. The summed E-state index contributed by atoms with van der Waals surface area (Å²) in [6.45, 7) is 2.10. The summed E-state index contributed by atoms with van der Waals surface area (Å²) in [5.74, 6) is -0.526. The van der Waals surface area contributed by atoms with Crippen LogP contribution in [0.5, 0.6) is 0 Å². The van der Waals surface area contributed by atoms with Gasteiger partial charge in [0.15, 0.2) is 0 Å². The maximum absolute atomic E-state index is 12.2. The van der Waals surface area contributed by atoms with E-state index in [-0.39, 0.29) is 18.5 Å². The molecule has 1 aliphatic rings. The Hall–Kier alpha value is -1.89. The molecule has 19 heavy (non-hydrogen) atoms. The predicted octanol–water partition coefficient (Wildman–Crippen LogP) is -1.05. The minimum atomic E-state index is -0.473. The molecule has 0 spiro atoms. The van der Waals surface area contributed by atoms with Gasteiger partial charge >= 0.3 is 0 Å². The molecule has 0 radical (unpaired) electrons. The Morgan fingerprint density at radius 2 is 2.37 bits per heavy atom. The largest absolute Gasteiger partial charge is 0.368 e. The van der Waals surface area contributed by atoms with Crippen LogP contribution >= 0.6 is 0 Å². The average Bonchev–Trinajstić information content (AvgIpc) is 3.05. The third-order valence-electron chi connectivity index (χ3n) is 3.24. The van der Waals surface area contributed by atoms with Crippen LogP contribution in [-0.4, -0.2) is 52.2 Å². The number of rotatable bonds is 6. The molecule has 0 bridgehead atoms. The van der Waals surface area contributed by atoms with Crippen molar-refractivity contribution >= 4 is 11.8 Å². The first-order chi connectivity index (χ1) is 9.16. The molecule has 1 unspecified atom stereocenters. The second-order valence-electron chi connectivity index (χ2n) is 4.65. The van der Waals surface area contributed by atoms with Gasteiger partial charge in [-0.3, -0.25) is 14.3 Å². The van der Waals surface area contributed by atoms with E-state index < -0.39 is 5.91 Å². The molecule has 2 amide bonds. The highest BCUT2D eigenvalue weighted by atomic mass is 16.2. The first-order valence-electron chi connectivity index (χ1n) is 6.42. The van der Waals surface area contributed by atoms with Crippen LogP contribution in [0.15, 0.2) is 18.5 Å². The molecule has 2 rings (SSSR count). The highest BCUT2D eigenvalue weighted by molar-refractivity contribution is 5.84. The van der Waals surface area contributed by atoms with Crippen LogP contribution in [0.1, 0.15) is 12.8 Å². The summed E-state index contributed by atoms with van der Waals surface area (Å²) in [6.07, 6.45) is 4.67. The average molecular weight is 265 g/mol. The van der Waals surface area contributed by atoms with Gasteiger partial charge in [0.25, 0.3) is 0 Å². The zero-order chi connectivity index (χ0) is 13.7. The number of hydrogen-bond acceptors (Lipinski definition) is 4. The quantitative estimate of drug-likeness (QED) is 0.686. The van der Waals surface area contributed by atoms with Gasteiger partial charge in [-0.1, -0.05) is 0 Å². The van der Waals surface area contributed by atoms with Crippen molar-refractivity contribution in [1.29, 1.82) is 0 Å². The van der Waals surface area contributed by atoms with Gasteiger partial charge in [-0.25, -0.2) is 0 Å². The second-order valence-corrected chi connectivity index (χ2v) is 4.65. The smallest absolute Gasteiger partial charge is 0.237 e. The molecule has 0 aliphatic carbocycles. The molecule has 104 valence electrons. The number of primary amides is 1. The Bertz CT molecular complexity index is 425. The Morgan fingerprint density at radius 1 is 1.53 bits per heavy atom. The molecular formula is C12H19N5O2. The van der Waals surface area contributed by atoms with Crippen molar-refractivity contribution in [3.63, 3.8) is 0 Å². The second kappa shape index (κ2) is 6.33. The standard InChI is InChI=1S/C12H19N5O2/c13-11(18)9-17(10-2-5-14-8-10)12(19)3-7-16-6-1-4-15-16/h1,4,6,10,14H,2-3,5,7-9H2,(H2,13,18). The van der Waals surface area contributed by atoms with Crippen LogP contribution in [0.25, 0.3) is 0 Å². The predicted molar refractivity (Wildman–Crippen MR) is 69.0 cm³/mol. The van der Waals surface area contributed by atoms with E-state index in [1.165, 1.54) is 0 Å². The van der Waals surface area contributed by atoms with Gasteiger partial charge in [0.2, 0.25) is 11.8 Å². The van der Waals surface area contributed by atoms with Gasteiger partial charge in [-0.05, 0) is 19.0 Å². The molecule has 1 aromatic heterocycles. The van der Waals surface area contributed by atoms with Crippen LogP contribution in [0.2, 0.25) is 0 Å². The van der Waals surface area contributed by atoms with Crippen molar-refractivity contribution in [2.24, 2.45) is 5.73 Å². The normalized spacial score (nSPS) is 18.4. The van der Waals surface area contributed by atoms with Crippen LogP contribution in [0.4, 0.5) is 0 Å². The van der Waals surface area contributed by atoms with Crippen molar-refractivity contribution in [1.82, 2.24) is 20.0 Å². The molecule has 0 aromatic carbocycles. The maximum atomic E-state index is 12.2. The summed E-state index contributed by atoms with van der Waals surface area (Å²) in [4.78, 5) is 24.9. The Morgan fingerprint density at radius 3 is 2.95 bits per heavy atom. The zero-order valence-corrected chi connectivity index (χ0v) is 10.8. The first-order valence-corrected chi connectivity index (χ1v) is 6.42. The van der Waals surface area contributed by atoms with Gasteiger partial charge in [0.05, 0.1) is 6.54 Å². The summed E-state index contributed by atoms with van der Waals surface area (Å²) >= 11 is 0. The summed E-state index contributed by atoms with van der Waals surface area (Å²) in [5.41, 5.74) is 5.22. The summed E-state index contributed by atoms with van der Waals surface area (Å²) in [5, 5.41) is 7.23. The third-order valence-corrected chi connectivity index (χ3v) is 3.24. The lowest BCUT2D eigenvalue weighted by Gasteiger charge is -2.27. The molecular weight excluding hydrogens is 246 g/mol. The van der Waals surface area contributed by atoms with Crippen LogP contribution in [0, 0.1) is 0 Å². The van der Waals surface area contributed by atoms with E-state index in [2.05, 4.69) is 10.4 Å². The summed E-state index contributed by atoms with van der Waals surface area (Å²) < 4.78 is 1.70. The van der Waals surface area contributed by atoms with E-state index in [0.29, 0.717) is 13.0 Å². The van der Waals surface area contributed by atoms with Crippen LogP contribution in [0.3, 0.4) is 0 Å². The van der Waals surface area contributed by atoms with Gasteiger partial charge in [-0.15, -0.1) is 0 Å². The SMILES string of the molecule is NC(=O)CN(C(=O)CCn1cccn1)C1CCNC1. The van der Waals surface area contributed by atoms with Crippen molar-refractivity contribution in [3.05, 3.63) is 18.5 Å². The molecule has 2 heterocycles. The minimum Gasteiger partial charge on any atom is -0.368 e. The molecule has 0 saturated carbocycles. The lowest BCUT2D eigenvalue weighted by atomic mass is 10.2. The number of nitrogens with one attached hydrogen (secondary N) is 1. The number of aromatic nitrogens is 2. The highest BCUT2D eigenvalue weighted by Gasteiger charge is 2.27. The molecule has 7 heteroatoms. The molecule has 3 N–H and O–H groups in total. The number of nitrogens with two attached hydrogens (primary N) is 1. The van der Waals surface area contributed by atoms with Crippen molar-refractivity contribution < 1.29 is 9.59 Å². The van der Waals surface area contributed by atoms with Crippen LogP contribution in [-0.2, 0) is 16.1 Å². The minimum absolute atomic E-state index is 0.00964. The third kappa shape index (κ3) is 3.78. The fraction of sp³-hybridized carbons (Fsp3) is 0.583. The topological polar surface area (TPSA) is 93.3 Å². The lowest BCUT2D eigenvalue weighted by Crippen LogP contribution is -2.46. The van der Waals surface area contributed by atoms with E-state index in [9.17, 15) is 9.59 Å². The van der Waals surface area contributed by atoms with Gasteiger partial charge in [-0.2, -0.15) is 5.10 Å². The molecule has 7 nitrogen and oxygen atoms in total. The molecule has 1 fully saturated rings. The number of carbonyl (C=O) groups is 2. The van der Waals surface area contributed by atoms with Crippen molar-refractivity contribution in [3.8, 4) is 0 Å². The monoisotopic (exact) mass is 265 g/mol. The van der Waals surface area contributed by atoms with E-state index in [1.807, 2.05) is 12.3 Å².